The third kappa shape index (κ3) is 6.19. The number of amides is 1. The van der Waals surface area contributed by atoms with Gasteiger partial charge in [-0.05, 0) is 54.1 Å². The number of ether oxygens (including phenoxy) is 2. The Labute approximate surface area is 172 Å². The molecule has 146 valence electrons. The normalized spacial score (nSPS) is 10.5. The van der Waals surface area contributed by atoms with Crippen LogP contribution in [0.25, 0.3) is 0 Å². The number of hydrazone groups is 1. The first kappa shape index (κ1) is 20.1. The highest BCUT2D eigenvalue weighted by Gasteiger charge is 2.07. The maximum atomic E-state index is 12.0. The van der Waals surface area contributed by atoms with Crippen LogP contribution < -0.4 is 14.9 Å². The predicted octanol–water partition coefficient (Wildman–Crippen LogP) is 4.09. The molecule has 3 aromatic carbocycles. The van der Waals surface area contributed by atoms with Crippen LogP contribution in [0.4, 0.5) is 0 Å². The van der Waals surface area contributed by atoms with E-state index >= 15 is 0 Å². The molecule has 0 spiro atoms. The molecule has 1 amide bonds. The van der Waals surface area contributed by atoms with Gasteiger partial charge in [-0.15, -0.1) is 0 Å². The number of rotatable bonds is 7. The molecule has 29 heavy (non-hydrogen) atoms. The highest BCUT2D eigenvalue weighted by atomic mass is 35.5. The van der Waals surface area contributed by atoms with E-state index in [0.29, 0.717) is 22.1 Å². The Bertz CT molecular complexity index is 1000. The molecular weight excluding hydrogens is 392 g/mol. The van der Waals surface area contributed by atoms with Crippen LogP contribution in [0.15, 0.2) is 84.0 Å². The van der Waals surface area contributed by atoms with Gasteiger partial charge in [0, 0.05) is 0 Å². The van der Waals surface area contributed by atoms with Crippen molar-refractivity contribution in [2.24, 2.45) is 5.10 Å². The number of hydrogen-bond donors (Lipinski definition) is 1. The summed E-state index contributed by atoms with van der Waals surface area (Å²) in [6.45, 7) is -0.213. The van der Waals surface area contributed by atoms with Gasteiger partial charge in [0.15, 0.2) is 6.61 Å². The van der Waals surface area contributed by atoms with Gasteiger partial charge >= 0.3 is 5.97 Å². The first-order valence-electron chi connectivity index (χ1n) is 8.68. The summed E-state index contributed by atoms with van der Waals surface area (Å²) in [4.78, 5) is 23.8. The summed E-state index contributed by atoms with van der Waals surface area (Å²) in [5, 5.41) is 4.30. The maximum absolute atomic E-state index is 12.0. The van der Waals surface area contributed by atoms with Crippen LogP contribution in [-0.2, 0) is 4.79 Å². The summed E-state index contributed by atoms with van der Waals surface area (Å²) >= 11 is 5.95. The summed E-state index contributed by atoms with van der Waals surface area (Å²) in [5.41, 5.74) is 3.56. The van der Waals surface area contributed by atoms with E-state index in [0.717, 1.165) is 5.56 Å². The van der Waals surface area contributed by atoms with Gasteiger partial charge < -0.3 is 9.47 Å². The Morgan fingerprint density at radius 3 is 2.34 bits per heavy atom. The molecule has 0 aliphatic carbocycles. The fourth-order valence-corrected chi connectivity index (χ4v) is 2.47. The van der Waals surface area contributed by atoms with E-state index in [-0.39, 0.29) is 6.61 Å². The number of nitrogens with zero attached hydrogens (tertiary/aromatic N) is 1. The number of para-hydroxylation sites is 1. The van der Waals surface area contributed by atoms with Crippen molar-refractivity contribution in [1.82, 2.24) is 5.43 Å². The lowest BCUT2D eigenvalue weighted by atomic mass is 10.2. The molecule has 0 bridgehead atoms. The molecule has 1 N–H and O–H groups in total. The van der Waals surface area contributed by atoms with E-state index in [1.165, 1.54) is 6.21 Å². The molecule has 0 radical (unpaired) electrons. The van der Waals surface area contributed by atoms with Crippen LogP contribution in [-0.4, -0.2) is 24.7 Å². The van der Waals surface area contributed by atoms with Gasteiger partial charge in [0.05, 0.1) is 16.8 Å². The zero-order chi connectivity index (χ0) is 20.5. The lowest BCUT2D eigenvalue weighted by molar-refractivity contribution is -0.123. The van der Waals surface area contributed by atoms with Gasteiger partial charge in [-0.3, -0.25) is 4.79 Å². The van der Waals surface area contributed by atoms with Crippen molar-refractivity contribution in [2.45, 2.75) is 0 Å². The third-order valence-electron chi connectivity index (χ3n) is 3.70. The Balaban J connectivity index is 1.46. The van der Waals surface area contributed by atoms with Gasteiger partial charge in [0.2, 0.25) is 0 Å². The number of benzene rings is 3. The molecule has 0 saturated carbocycles. The van der Waals surface area contributed by atoms with Crippen LogP contribution in [0, 0.1) is 0 Å². The average Bonchev–Trinajstić information content (AvgIpc) is 2.75. The number of halogens is 1. The smallest absolute Gasteiger partial charge is 0.343 e. The van der Waals surface area contributed by atoms with Gasteiger partial charge in [-0.2, -0.15) is 5.10 Å². The van der Waals surface area contributed by atoms with Crippen molar-refractivity contribution in [3.05, 3.63) is 95.0 Å². The molecule has 6 nitrogen and oxygen atoms in total. The summed E-state index contributed by atoms with van der Waals surface area (Å²) in [5.74, 6) is -0.0190. The third-order valence-corrected chi connectivity index (χ3v) is 4.01. The molecule has 0 heterocycles. The fraction of sp³-hybridized carbons (Fsp3) is 0.0455. The topological polar surface area (TPSA) is 77.0 Å². The molecule has 0 aliphatic heterocycles. The minimum atomic E-state index is -0.433. The first-order chi connectivity index (χ1) is 14.1. The van der Waals surface area contributed by atoms with E-state index in [2.05, 4.69) is 10.5 Å². The van der Waals surface area contributed by atoms with Crippen LogP contribution in [0.5, 0.6) is 11.5 Å². The Hall–Kier alpha value is -3.64. The molecule has 0 aliphatic rings. The van der Waals surface area contributed by atoms with E-state index in [4.69, 9.17) is 21.1 Å². The summed E-state index contributed by atoms with van der Waals surface area (Å²) in [6, 6.07) is 22.3. The zero-order valence-corrected chi connectivity index (χ0v) is 16.0. The standard InChI is InChI=1S/C22H17ClN2O4/c23-19-8-4-5-9-20(19)28-15-21(26)25-24-14-16-10-12-18(13-11-16)29-22(27)17-6-2-1-3-7-17/h1-14H,15H2,(H,25,26). The first-order valence-corrected chi connectivity index (χ1v) is 9.06. The summed E-state index contributed by atoms with van der Waals surface area (Å²) < 4.78 is 10.6. The fourth-order valence-electron chi connectivity index (χ4n) is 2.28. The molecule has 0 aromatic heterocycles. The van der Waals surface area contributed by atoms with E-state index < -0.39 is 11.9 Å². The maximum Gasteiger partial charge on any atom is 0.343 e. The molecular formula is C22H17ClN2O4. The second kappa shape index (κ2) is 10.1. The van der Waals surface area contributed by atoms with Gasteiger partial charge in [-0.25, -0.2) is 10.2 Å². The number of nitrogens with one attached hydrogen (secondary N) is 1. The zero-order valence-electron chi connectivity index (χ0n) is 15.2. The predicted molar refractivity (Wildman–Crippen MR) is 111 cm³/mol. The van der Waals surface area contributed by atoms with Crippen LogP contribution in [0.2, 0.25) is 5.02 Å². The van der Waals surface area contributed by atoms with Crippen molar-refractivity contribution in [2.75, 3.05) is 6.61 Å². The highest BCUT2D eigenvalue weighted by Crippen LogP contribution is 2.22. The van der Waals surface area contributed by atoms with Crippen LogP contribution >= 0.6 is 11.6 Å². The lowest BCUT2D eigenvalue weighted by Gasteiger charge is -2.06. The summed E-state index contributed by atoms with van der Waals surface area (Å²) in [6.07, 6.45) is 1.47. The Kier molecular flexibility index (Phi) is 6.97. The van der Waals surface area contributed by atoms with Crippen molar-refractivity contribution in [3.63, 3.8) is 0 Å². The SMILES string of the molecule is O=C(COc1ccccc1Cl)NN=Cc1ccc(OC(=O)c2ccccc2)cc1. The molecule has 0 fully saturated rings. The summed E-state index contributed by atoms with van der Waals surface area (Å²) in [7, 11) is 0. The van der Waals surface area contributed by atoms with Crippen molar-refractivity contribution in [1.29, 1.82) is 0 Å². The number of carbonyl (C=O) groups excluding carboxylic acids is 2. The van der Waals surface area contributed by atoms with Crippen molar-refractivity contribution >= 4 is 29.7 Å². The minimum absolute atomic E-state index is 0.213. The lowest BCUT2D eigenvalue weighted by Crippen LogP contribution is -2.24. The van der Waals surface area contributed by atoms with Crippen LogP contribution in [0.3, 0.4) is 0 Å². The molecule has 7 heteroatoms. The van der Waals surface area contributed by atoms with Crippen molar-refractivity contribution in [3.8, 4) is 11.5 Å². The largest absolute Gasteiger partial charge is 0.482 e. The van der Waals surface area contributed by atoms with Crippen molar-refractivity contribution < 1.29 is 19.1 Å². The molecule has 3 rings (SSSR count). The average molecular weight is 409 g/mol. The molecule has 3 aromatic rings. The van der Waals surface area contributed by atoms with E-state index in [9.17, 15) is 9.59 Å². The van der Waals surface area contributed by atoms with Gasteiger partial charge in [-0.1, -0.05) is 41.9 Å². The monoisotopic (exact) mass is 408 g/mol. The minimum Gasteiger partial charge on any atom is -0.482 e. The Morgan fingerprint density at radius 1 is 0.931 bits per heavy atom. The molecule has 0 atom stereocenters. The number of hydrogen-bond acceptors (Lipinski definition) is 5. The highest BCUT2D eigenvalue weighted by molar-refractivity contribution is 6.32. The van der Waals surface area contributed by atoms with Crippen LogP contribution in [0.1, 0.15) is 15.9 Å². The second-order valence-electron chi connectivity index (χ2n) is 5.84. The quantitative estimate of drug-likeness (QED) is 0.276. The van der Waals surface area contributed by atoms with E-state index in [1.807, 2.05) is 6.07 Å². The molecule has 0 unspecified atom stereocenters. The van der Waals surface area contributed by atoms with Gasteiger partial charge in [0.25, 0.3) is 5.91 Å². The van der Waals surface area contributed by atoms with E-state index in [1.54, 1.807) is 72.8 Å². The second-order valence-corrected chi connectivity index (χ2v) is 6.24. The molecule has 0 saturated heterocycles. The number of esters is 1. The Morgan fingerprint density at radius 2 is 1.62 bits per heavy atom. The van der Waals surface area contributed by atoms with Gasteiger partial charge in [0.1, 0.15) is 11.5 Å². The number of carbonyl (C=O) groups is 2.